The molecule has 0 bridgehead atoms. The molecule has 0 fully saturated rings. The zero-order valence-electron chi connectivity index (χ0n) is 41.4. The largest absolute Gasteiger partial charge is 0.544 e. The number of carbonyl (C=O) groups excluding carboxylic acids is 3. The van der Waals surface area contributed by atoms with Crippen LogP contribution in [0.2, 0.25) is 0 Å². The van der Waals surface area contributed by atoms with Crippen LogP contribution < -0.4 is 5.11 Å². The second kappa shape index (κ2) is 44.9. The average molecular weight is 866 g/mol. The summed E-state index contributed by atoms with van der Waals surface area (Å²) < 4.78 is 17.3. The van der Waals surface area contributed by atoms with Gasteiger partial charge in [0.15, 0.2) is 6.10 Å². The summed E-state index contributed by atoms with van der Waals surface area (Å²) in [7, 11) is 5.43. The van der Waals surface area contributed by atoms with Gasteiger partial charge in [0, 0.05) is 19.3 Å². The quantitative estimate of drug-likeness (QED) is 0.0341. The SMILES string of the molecule is CCCCCCCCCCCCCCCCCCCCCCC(=O)OCC(COCCC(C(=O)[O-])[N+](C)(C)C)OC(=O)CCCCCCCCCCCCCCCCCCC. The number of rotatable bonds is 49. The second-order valence-corrected chi connectivity index (χ2v) is 19.5. The van der Waals surface area contributed by atoms with Gasteiger partial charge >= 0.3 is 11.9 Å². The van der Waals surface area contributed by atoms with E-state index in [1.807, 2.05) is 21.1 Å². The number of aliphatic carboxylic acids is 1. The minimum absolute atomic E-state index is 0.0499. The molecule has 0 aromatic heterocycles. The Hall–Kier alpha value is -1.67. The van der Waals surface area contributed by atoms with Crippen LogP contribution in [-0.2, 0) is 28.6 Å². The summed E-state index contributed by atoms with van der Waals surface area (Å²) in [5, 5.41) is 11.7. The van der Waals surface area contributed by atoms with E-state index in [0.717, 1.165) is 38.5 Å². The number of unbranched alkanes of at least 4 members (excludes halogenated alkanes) is 35. The molecule has 0 aromatic carbocycles. The normalized spacial score (nSPS) is 12.7. The fraction of sp³-hybridized carbons (Fsp3) is 0.943. The number of carboxylic acids is 1. The first kappa shape index (κ1) is 59.3. The summed E-state index contributed by atoms with van der Waals surface area (Å²) in [5.74, 6) is -1.70. The van der Waals surface area contributed by atoms with Crippen molar-refractivity contribution in [2.45, 2.75) is 283 Å². The van der Waals surface area contributed by atoms with Crippen LogP contribution in [0.25, 0.3) is 0 Å². The van der Waals surface area contributed by atoms with E-state index in [9.17, 15) is 19.5 Å². The highest BCUT2D eigenvalue weighted by molar-refractivity contribution is 5.70. The molecule has 2 atom stereocenters. The van der Waals surface area contributed by atoms with Gasteiger partial charge in [-0.25, -0.2) is 0 Å². The maximum atomic E-state index is 12.8. The van der Waals surface area contributed by atoms with Crippen molar-refractivity contribution in [1.29, 1.82) is 0 Å². The molecule has 8 nitrogen and oxygen atoms in total. The van der Waals surface area contributed by atoms with Crippen molar-refractivity contribution in [3.8, 4) is 0 Å². The van der Waals surface area contributed by atoms with E-state index < -0.39 is 18.1 Å². The topological polar surface area (TPSA) is 102 Å². The molecule has 362 valence electrons. The van der Waals surface area contributed by atoms with Gasteiger partial charge in [0.25, 0.3) is 0 Å². The highest BCUT2D eigenvalue weighted by atomic mass is 16.6. The Morgan fingerprint density at radius 1 is 0.426 bits per heavy atom. The number of likely N-dealkylation sites (N-methyl/N-ethyl adjacent to an activating group) is 1. The van der Waals surface area contributed by atoms with Crippen molar-refractivity contribution in [2.75, 3.05) is 41.0 Å². The molecule has 0 N–H and O–H groups in total. The van der Waals surface area contributed by atoms with Gasteiger partial charge in [-0.2, -0.15) is 0 Å². The van der Waals surface area contributed by atoms with Gasteiger partial charge in [0.2, 0.25) is 0 Å². The lowest BCUT2D eigenvalue weighted by Crippen LogP contribution is -2.55. The van der Waals surface area contributed by atoms with Gasteiger partial charge in [-0.3, -0.25) is 9.59 Å². The maximum absolute atomic E-state index is 12.8. The molecule has 2 unspecified atom stereocenters. The van der Waals surface area contributed by atoms with E-state index in [1.165, 1.54) is 199 Å². The summed E-state index contributed by atoms with van der Waals surface area (Å²) in [4.78, 5) is 37.0. The predicted molar refractivity (Wildman–Crippen MR) is 255 cm³/mol. The molecular formula is C53H103NO7. The van der Waals surface area contributed by atoms with Gasteiger partial charge in [0.1, 0.15) is 12.6 Å². The molecule has 8 heteroatoms. The fourth-order valence-corrected chi connectivity index (χ4v) is 8.37. The fourth-order valence-electron chi connectivity index (χ4n) is 8.37. The van der Waals surface area contributed by atoms with E-state index >= 15 is 0 Å². The molecule has 0 spiro atoms. The van der Waals surface area contributed by atoms with Crippen LogP contribution >= 0.6 is 0 Å². The van der Waals surface area contributed by atoms with E-state index in [-0.39, 0.29) is 42.7 Å². The van der Waals surface area contributed by atoms with E-state index in [2.05, 4.69) is 13.8 Å². The Balaban J connectivity index is 4.16. The lowest BCUT2D eigenvalue weighted by atomic mass is 10.0. The maximum Gasteiger partial charge on any atom is 0.306 e. The highest BCUT2D eigenvalue weighted by Crippen LogP contribution is 2.17. The van der Waals surface area contributed by atoms with Crippen LogP contribution in [0.15, 0.2) is 0 Å². The van der Waals surface area contributed by atoms with E-state index in [0.29, 0.717) is 12.8 Å². The van der Waals surface area contributed by atoms with Crippen molar-refractivity contribution < 1.29 is 38.2 Å². The number of nitrogens with zero attached hydrogens (tertiary/aromatic N) is 1. The summed E-state index contributed by atoms with van der Waals surface area (Å²) >= 11 is 0. The molecule has 0 aromatic rings. The Bertz CT molecular complexity index is 967. The number of carbonyl (C=O) groups is 3. The number of esters is 2. The lowest BCUT2D eigenvalue weighted by Gasteiger charge is -2.34. The highest BCUT2D eigenvalue weighted by Gasteiger charge is 2.25. The number of hydrogen-bond donors (Lipinski definition) is 0. The summed E-state index contributed by atoms with van der Waals surface area (Å²) in [6.07, 6.45) is 48.4. The molecule has 0 aliphatic heterocycles. The zero-order valence-corrected chi connectivity index (χ0v) is 41.4. The molecule has 61 heavy (non-hydrogen) atoms. The van der Waals surface area contributed by atoms with Crippen LogP contribution in [0, 0.1) is 0 Å². The average Bonchev–Trinajstić information content (AvgIpc) is 3.22. The Morgan fingerprint density at radius 2 is 0.721 bits per heavy atom. The first-order valence-corrected chi connectivity index (χ1v) is 26.6. The predicted octanol–water partition coefficient (Wildman–Crippen LogP) is 13.9. The molecular weight excluding hydrogens is 763 g/mol. The number of carboxylic acid groups (broad SMARTS) is 1. The van der Waals surface area contributed by atoms with Gasteiger partial charge in [-0.1, -0.05) is 239 Å². The third-order valence-corrected chi connectivity index (χ3v) is 12.5. The monoisotopic (exact) mass is 866 g/mol. The van der Waals surface area contributed by atoms with Crippen LogP contribution in [-0.4, -0.2) is 75.5 Å². The lowest BCUT2D eigenvalue weighted by molar-refractivity contribution is -0.889. The van der Waals surface area contributed by atoms with Crippen molar-refractivity contribution in [2.24, 2.45) is 0 Å². The number of hydrogen-bond acceptors (Lipinski definition) is 7. The molecule has 0 aliphatic carbocycles. The van der Waals surface area contributed by atoms with Crippen molar-refractivity contribution in [3.63, 3.8) is 0 Å². The number of ether oxygens (including phenoxy) is 3. The van der Waals surface area contributed by atoms with Crippen molar-refractivity contribution in [3.05, 3.63) is 0 Å². The van der Waals surface area contributed by atoms with Crippen LogP contribution in [0.5, 0.6) is 0 Å². The van der Waals surface area contributed by atoms with Crippen LogP contribution in [0.4, 0.5) is 0 Å². The smallest absolute Gasteiger partial charge is 0.306 e. The molecule has 0 rings (SSSR count). The minimum Gasteiger partial charge on any atom is -0.544 e. The third kappa shape index (κ3) is 43.4. The van der Waals surface area contributed by atoms with E-state index in [4.69, 9.17) is 14.2 Å². The molecule has 0 saturated heterocycles. The Labute approximate surface area is 378 Å². The first-order chi connectivity index (χ1) is 29.6. The van der Waals surface area contributed by atoms with Crippen molar-refractivity contribution in [1.82, 2.24) is 0 Å². The standard InChI is InChI=1S/C53H103NO7/c1-6-8-10-12-14-16-18-20-22-24-25-26-28-29-31-33-35-37-39-41-43-51(55)60-48-49(47-59-46-45-50(53(57)58)54(3,4)5)61-52(56)44-42-40-38-36-34-32-30-27-23-21-19-17-15-13-11-9-7-2/h49-50H,6-48H2,1-5H3. The second-order valence-electron chi connectivity index (χ2n) is 19.5. The molecule has 0 saturated carbocycles. The minimum atomic E-state index is -1.12. The molecule has 0 aliphatic rings. The van der Waals surface area contributed by atoms with Crippen LogP contribution in [0.3, 0.4) is 0 Å². The molecule has 0 radical (unpaired) electrons. The van der Waals surface area contributed by atoms with Gasteiger partial charge in [-0.05, 0) is 12.8 Å². The van der Waals surface area contributed by atoms with Crippen molar-refractivity contribution >= 4 is 17.9 Å². The first-order valence-electron chi connectivity index (χ1n) is 26.6. The zero-order chi connectivity index (χ0) is 44.9. The summed E-state index contributed by atoms with van der Waals surface area (Å²) in [6, 6.07) is -0.720. The van der Waals surface area contributed by atoms with Gasteiger partial charge < -0.3 is 28.6 Å². The number of quaternary nitrogens is 1. The Kier molecular flexibility index (Phi) is 43.7. The van der Waals surface area contributed by atoms with Crippen LogP contribution in [0.1, 0.15) is 271 Å². The molecule has 0 amide bonds. The van der Waals surface area contributed by atoms with Gasteiger partial charge in [-0.15, -0.1) is 0 Å². The van der Waals surface area contributed by atoms with E-state index in [1.54, 1.807) is 0 Å². The summed E-state index contributed by atoms with van der Waals surface area (Å²) in [5.41, 5.74) is 0. The van der Waals surface area contributed by atoms with Gasteiger partial charge in [0.05, 0.1) is 40.3 Å². The molecule has 0 heterocycles. The summed E-state index contributed by atoms with van der Waals surface area (Å²) in [6.45, 7) is 4.73. The third-order valence-electron chi connectivity index (χ3n) is 12.5. The Morgan fingerprint density at radius 3 is 1.02 bits per heavy atom.